The van der Waals surface area contributed by atoms with E-state index in [1.54, 1.807) is 0 Å². The number of carbonyl (C=O) groups excluding carboxylic acids is 1. The van der Waals surface area contributed by atoms with Gasteiger partial charge in [0.2, 0.25) is 0 Å². The Hall–Kier alpha value is -2.55. The van der Waals surface area contributed by atoms with E-state index in [0.717, 1.165) is 17.4 Å². The van der Waals surface area contributed by atoms with Crippen LogP contribution in [0.4, 0.5) is 0 Å². The number of methoxy groups -OCH3 is 1. The number of hydrogen-bond acceptors (Lipinski definition) is 2. The molecule has 0 aliphatic rings. The van der Waals surface area contributed by atoms with E-state index in [1.807, 2.05) is 24.3 Å². The van der Waals surface area contributed by atoms with Gasteiger partial charge in [0.05, 0.1) is 12.7 Å². The molecule has 0 radical (unpaired) electrons. The zero-order valence-corrected chi connectivity index (χ0v) is 12.2. The number of rotatable bonds is 3. The molecule has 0 aliphatic carbocycles. The molecule has 0 spiro atoms. The van der Waals surface area contributed by atoms with E-state index in [0.29, 0.717) is 5.56 Å². The monoisotopic (exact) mass is 279 g/mol. The van der Waals surface area contributed by atoms with Gasteiger partial charge in [-0.15, -0.1) is 0 Å². The molecule has 0 bridgehead atoms. The maximum Gasteiger partial charge on any atom is 0.337 e. The molecule has 0 N–H and O–H groups in total. The number of aromatic nitrogens is 1. The second-order valence-electron chi connectivity index (χ2n) is 5.14. The number of carbonyl (C=O) groups is 1. The van der Waals surface area contributed by atoms with E-state index >= 15 is 0 Å². The predicted molar refractivity (Wildman–Crippen MR) is 83.6 cm³/mol. The Bertz CT molecular complexity index is 802. The van der Waals surface area contributed by atoms with Crippen molar-refractivity contribution >= 4 is 16.9 Å². The minimum atomic E-state index is -0.302. The highest BCUT2D eigenvalue weighted by Crippen LogP contribution is 2.20. The summed E-state index contributed by atoms with van der Waals surface area (Å²) in [5.41, 5.74) is 4.28. The summed E-state index contributed by atoms with van der Waals surface area (Å²) in [7, 11) is 1.40. The average molecular weight is 279 g/mol. The van der Waals surface area contributed by atoms with Gasteiger partial charge in [0.15, 0.2) is 0 Å². The highest BCUT2D eigenvalue weighted by atomic mass is 16.5. The standard InChI is InChI=1S/C18H17NO2/c1-13-5-3-4-6-16(13)12-19-10-9-14-11-15(18(20)21-2)7-8-17(14)19/h3-11H,12H2,1-2H3. The van der Waals surface area contributed by atoms with E-state index in [-0.39, 0.29) is 5.97 Å². The fraction of sp³-hybridized carbons (Fsp3) is 0.167. The van der Waals surface area contributed by atoms with Gasteiger partial charge in [-0.25, -0.2) is 4.79 Å². The molecule has 3 heteroatoms. The molecule has 1 aromatic heterocycles. The Morgan fingerprint density at radius 1 is 1.14 bits per heavy atom. The molecule has 3 aromatic rings. The summed E-state index contributed by atoms with van der Waals surface area (Å²) in [5.74, 6) is -0.302. The van der Waals surface area contributed by atoms with Gasteiger partial charge < -0.3 is 9.30 Å². The van der Waals surface area contributed by atoms with Gasteiger partial charge in [-0.05, 0) is 42.3 Å². The Morgan fingerprint density at radius 3 is 2.71 bits per heavy atom. The van der Waals surface area contributed by atoms with Crippen molar-refractivity contribution in [2.24, 2.45) is 0 Å². The first-order chi connectivity index (χ1) is 10.2. The third kappa shape index (κ3) is 2.55. The molecule has 0 saturated heterocycles. The van der Waals surface area contributed by atoms with E-state index in [1.165, 1.54) is 18.2 Å². The first kappa shape index (κ1) is 13.4. The minimum absolute atomic E-state index is 0.302. The third-order valence-corrected chi connectivity index (χ3v) is 3.79. The molecular weight excluding hydrogens is 262 g/mol. The summed E-state index contributed by atoms with van der Waals surface area (Å²) in [4.78, 5) is 11.6. The molecule has 0 saturated carbocycles. The fourth-order valence-corrected chi connectivity index (χ4v) is 2.55. The zero-order chi connectivity index (χ0) is 14.8. The molecule has 1 heterocycles. The highest BCUT2D eigenvalue weighted by Gasteiger charge is 2.08. The average Bonchev–Trinajstić information content (AvgIpc) is 2.91. The van der Waals surface area contributed by atoms with Crippen molar-refractivity contribution in [2.45, 2.75) is 13.5 Å². The van der Waals surface area contributed by atoms with Gasteiger partial charge in [0.25, 0.3) is 0 Å². The lowest BCUT2D eigenvalue weighted by Gasteiger charge is -2.09. The summed E-state index contributed by atoms with van der Waals surface area (Å²) >= 11 is 0. The number of nitrogens with zero attached hydrogens (tertiary/aromatic N) is 1. The number of aryl methyl sites for hydroxylation is 1. The van der Waals surface area contributed by atoms with E-state index in [9.17, 15) is 4.79 Å². The molecular formula is C18H17NO2. The topological polar surface area (TPSA) is 31.2 Å². The molecule has 0 amide bonds. The van der Waals surface area contributed by atoms with Crippen molar-refractivity contribution < 1.29 is 9.53 Å². The number of hydrogen-bond donors (Lipinski definition) is 0. The van der Waals surface area contributed by atoms with Gasteiger partial charge in [-0.3, -0.25) is 0 Å². The van der Waals surface area contributed by atoms with E-state index in [2.05, 4.69) is 42.0 Å². The maximum atomic E-state index is 11.6. The molecule has 3 nitrogen and oxygen atoms in total. The van der Waals surface area contributed by atoms with Crippen molar-refractivity contribution in [3.8, 4) is 0 Å². The molecule has 0 unspecified atom stereocenters. The van der Waals surface area contributed by atoms with Crippen LogP contribution in [0.3, 0.4) is 0 Å². The SMILES string of the molecule is COC(=O)c1ccc2c(ccn2Cc2ccccc2C)c1. The Morgan fingerprint density at radius 2 is 1.95 bits per heavy atom. The minimum Gasteiger partial charge on any atom is -0.465 e. The van der Waals surface area contributed by atoms with Crippen LogP contribution in [0.5, 0.6) is 0 Å². The predicted octanol–water partition coefficient (Wildman–Crippen LogP) is 3.78. The van der Waals surface area contributed by atoms with Crippen LogP contribution in [-0.2, 0) is 11.3 Å². The van der Waals surface area contributed by atoms with Crippen LogP contribution < -0.4 is 0 Å². The molecule has 106 valence electrons. The van der Waals surface area contributed by atoms with Crippen LogP contribution in [0.2, 0.25) is 0 Å². The number of fused-ring (bicyclic) bond motifs is 1. The zero-order valence-electron chi connectivity index (χ0n) is 12.2. The maximum absolute atomic E-state index is 11.6. The molecule has 0 fully saturated rings. The number of benzene rings is 2. The van der Waals surface area contributed by atoms with Crippen LogP contribution in [-0.4, -0.2) is 17.6 Å². The van der Waals surface area contributed by atoms with Gasteiger partial charge in [0, 0.05) is 23.6 Å². The quantitative estimate of drug-likeness (QED) is 0.683. The van der Waals surface area contributed by atoms with Crippen LogP contribution in [0, 0.1) is 6.92 Å². The van der Waals surface area contributed by atoms with Gasteiger partial charge in [-0.2, -0.15) is 0 Å². The first-order valence-electron chi connectivity index (χ1n) is 6.91. The first-order valence-corrected chi connectivity index (χ1v) is 6.91. The Balaban J connectivity index is 1.98. The van der Waals surface area contributed by atoms with E-state index < -0.39 is 0 Å². The Labute approximate surface area is 123 Å². The second kappa shape index (κ2) is 5.44. The van der Waals surface area contributed by atoms with Crippen molar-refractivity contribution in [3.05, 3.63) is 71.4 Å². The lowest BCUT2D eigenvalue weighted by molar-refractivity contribution is 0.0601. The molecule has 2 aromatic carbocycles. The molecule has 3 rings (SSSR count). The van der Waals surface area contributed by atoms with Crippen molar-refractivity contribution in [3.63, 3.8) is 0 Å². The van der Waals surface area contributed by atoms with Crippen molar-refractivity contribution in [1.82, 2.24) is 4.57 Å². The second-order valence-corrected chi connectivity index (χ2v) is 5.14. The smallest absolute Gasteiger partial charge is 0.337 e. The molecule has 0 aliphatic heterocycles. The Kier molecular flexibility index (Phi) is 3.48. The lowest BCUT2D eigenvalue weighted by atomic mass is 10.1. The summed E-state index contributed by atoms with van der Waals surface area (Å²) < 4.78 is 6.95. The van der Waals surface area contributed by atoms with Crippen LogP contribution >= 0.6 is 0 Å². The van der Waals surface area contributed by atoms with Crippen LogP contribution in [0.25, 0.3) is 10.9 Å². The molecule has 21 heavy (non-hydrogen) atoms. The van der Waals surface area contributed by atoms with Crippen molar-refractivity contribution in [1.29, 1.82) is 0 Å². The molecule has 0 atom stereocenters. The van der Waals surface area contributed by atoms with Gasteiger partial charge in [0.1, 0.15) is 0 Å². The highest BCUT2D eigenvalue weighted by molar-refractivity contribution is 5.94. The van der Waals surface area contributed by atoms with E-state index in [4.69, 9.17) is 4.74 Å². The largest absolute Gasteiger partial charge is 0.465 e. The lowest BCUT2D eigenvalue weighted by Crippen LogP contribution is -2.02. The summed E-state index contributed by atoms with van der Waals surface area (Å²) in [6.07, 6.45) is 2.05. The summed E-state index contributed by atoms with van der Waals surface area (Å²) in [6, 6.07) is 16.1. The van der Waals surface area contributed by atoms with Gasteiger partial charge in [-0.1, -0.05) is 24.3 Å². The summed E-state index contributed by atoms with van der Waals surface area (Å²) in [6.45, 7) is 2.95. The van der Waals surface area contributed by atoms with Gasteiger partial charge >= 0.3 is 5.97 Å². The third-order valence-electron chi connectivity index (χ3n) is 3.79. The van der Waals surface area contributed by atoms with Crippen LogP contribution in [0.1, 0.15) is 21.5 Å². The summed E-state index contributed by atoms with van der Waals surface area (Å²) in [5, 5.41) is 1.05. The van der Waals surface area contributed by atoms with Crippen LogP contribution in [0.15, 0.2) is 54.7 Å². The van der Waals surface area contributed by atoms with Crippen molar-refractivity contribution in [2.75, 3.05) is 7.11 Å². The normalized spacial score (nSPS) is 10.8. The fourth-order valence-electron chi connectivity index (χ4n) is 2.55. The number of ether oxygens (including phenoxy) is 1. The number of esters is 1.